The lowest BCUT2D eigenvalue weighted by Crippen LogP contribution is -2.52. The van der Waals surface area contributed by atoms with Crippen molar-refractivity contribution in [1.82, 2.24) is 13.9 Å². The first-order valence-electron chi connectivity index (χ1n) is 7.49. The van der Waals surface area contributed by atoms with Gasteiger partial charge in [-0.05, 0) is 44.6 Å². The highest BCUT2D eigenvalue weighted by Crippen LogP contribution is 2.36. The number of hydrogen-bond donors (Lipinski definition) is 1. The van der Waals surface area contributed by atoms with Gasteiger partial charge >= 0.3 is 0 Å². The summed E-state index contributed by atoms with van der Waals surface area (Å²) in [5, 5.41) is 3.33. The second-order valence-corrected chi connectivity index (χ2v) is 8.32. The number of piperidine rings is 1. The maximum Gasteiger partial charge on any atom is 0.282 e. The van der Waals surface area contributed by atoms with Crippen LogP contribution in [0.15, 0.2) is 0 Å². The minimum atomic E-state index is -3.26. The molecular weight excluding hydrogens is 262 g/mol. The summed E-state index contributed by atoms with van der Waals surface area (Å²) < 4.78 is 29.3. The molecule has 0 radical (unpaired) electrons. The first-order chi connectivity index (χ1) is 9.00. The molecule has 0 amide bonds. The van der Waals surface area contributed by atoms with Crippen LogP contribution in [0, 0.1) is 11.8 Å². The normalized spacial score (nSPS) is 38.7. The third kappa shape index (κ3) is 2.33. The predicted molar refractivity (Wildman–Crippen MR) is 75.0 cm³/mol. The van der Waals surface area contributed by atoms with Crippen molar-refractivity contribution in [2.45, 2.75) is 45.2 Å². The highest BCUT2D eigenvalue weighted by atomic mass is 32.2. The van der Waals surface area contributed by atoms with Crippen molar-refractivity contribution >= 4 is 10.2 Å². The fourth-order valence-corrected chi connectivity index (χ4v) is 5.94. The van der Waals surface area contributed by atoms with Crippen LogP contribution in [0.4, 0.5) is 0 Å². The molecule has 0 spiro atoms. The number of fused-ring (bicyclic) bond motifs is 1. The van der Waals surface area contributed by atoms with E-state index < -0.39 is 10.2 Å². The van der Waals surface area contributed by atoms with Crippen molar-refractivity contribution in [1.29, 1.82) is 0 Å². The molecule has 3 atom stereocenters. The molecule has 0 aromatic heterocycles. The number of rotatable bonds is 2. The zero-order valence-corrected chi connectivity index (χ0v) is 12.7. The van der Waals surface area contributed by atoms with E-state index in [1.807, 2.05) is 0 Å². The molecule has 110 valence electrons. The highest BCUT2D eigenvalue weighted by molar-refractivity contribution is 7.86. The third-order valence-electron chi connectivity index (χ3n) is 5.04. The van der Waals surface area contributed by atoms with E-state index in [-0.39, 0.29) is 12.1 Å². The van der Waals surface area contributed by atoms with Gasteiger partial charge in [0.2, 0.25) is 0 Å². The van der Waals surface area contributed by atoms with Gasteiger partial charge in [-0.25, -0.2) is 0 Å². The molecule has 0 aromatic carbocycles. The van der Waals surface area contributed by atoms with E-state index in [2.05, 4.69) is 19.2 Å². The molecule has 3 aliphatic heterocycles. The number of nitrogens with one attached hydrogen (secondary N) is 1. The predicted octanol–water partition coefficient (Wildman–Crippen LogP) is 0.645. The third-order valence-corrected chi connectivity index (χ3v) is 7.23. The summed E-state index contributed by atoms with van der Waals surface area (Å²) >= 11 is 0. The minimum Gasteiger partial charge on any atom is -0.315 e. The van der Waals surface area contributed by atoms with Gasteiger partial charge < -0.3 is 5.32 Å². The van der Waals surface area contributed by atoms with Crippen LogP contribution in [-0.2, 0) is 10.2 Å². The molecule has 3 unspecified atom stereocenters. The molecule has 3 saturated heterocycles. The Kier molecular flexibility index (Phi) is 3.62. The molecule has 3 aliphatic rings. The lowest BCUT2D eigenvalue weighted by Gasteiger charge is -2.36. The van der Waals surface area contributed by atoms with Gasteiger partial charge in [-0.2, -0.15) is 17.0 Å². The van der Waals surface area contributed by atoms with Gasteiger partial charge in [-0.1, -0.05) is 6.92 Å². The zero-order valence-electron chi connectivity index (χ0n) is 11.9. The molecule has 6 heteroatoms. The topological polar surface area (TPSA) is 52.7 Å². The summed E-state index contributed by atoms with van der Waals surface area (Å²) in [6.07, 6.45) is 2.99. The van der Waals surface area contributed by atoms with Gasteiger partial charge in [0.05, 0.1) is 0 Å². The molecule has 1 N–H and O–H groups in total. The summed E-state index contributed by atoms with van der Waals surface area (Å²) in [5.41, 5.74) is 0. The van der Waals surface area contributed by atoms with E-state index in [0.29, 0.717) is 24.9 Å². The van der Waals surface area contributed by atoms with E-state index in [9.17, 15) is 8.42 Å². The summed E-state index contributed by atoms with van der Waals surface area (Å²) in [7, 11) is -3.26. The van der Waals surface area contributed by atoms with E-state index in [4.69, 9.17) is 0 Å². The molecule has 0 bridgehead atoms. The average Bonchev–Trinajstić information content (AvgIpc) is 2.88. The molecule has 3 fully saturated rings. The standard InChI is InChI=1S/C13H25N3O2S/c1-10-3-5-15(6-4-10)19(17,18)16-11(2)7-12-8-14-9-13(12)16/h10-14H,3-9H2,1-2H3. The van der Waals surface area contributed by atoms with Crippen LogP contribution < -0.4 is 5.32 Å². The Balaban J connectivity index is 1.79. The summed E-state index contributed by atoms with van der Waals surface area (Å²) in [6, 6.07) is 0.334. The van der Waals surface area contributed by atoms with Crippen molar-refractivity contribution in [3.05, 3.63) is 0 Å². The van der Waals surface area contributed by atoms with Gasteiger partial charge in [-0.3, -0.25) is 0 Å². The van der Waals surface area contributed by atoms with Crippen molar-refractivity contribution < 1.29 is 8.42 Å². The molecule has 0 aliphatic carbocycles. The number of hydrogen-bond acceptors (Lipinski definition) is 3. The van der Waals surface area contributed by atoms with Gasteiger partial charge in [0, 0.05) is 31.7 Å². The Hall–Kier alpha value is -0.170. The van der Waals surface area contributed by atoms with Gasteiger partial charge in [0.25, 0.3) is 10.2 Å². The van der Waals surface area contributed by atoms with Crippen molar-refractivity contribution in [2.24, 2.45) is 11.8 Å². The maximum atomic E-state index is 12.9. The van der Waals surface area contributed by atoms with E-state index in [1.165, 1.54) is 0 Å². The van der Waals surface area contributed by atoms with Crippen molar-refractivity contribution in [3.63, 3.8) is 0 Å². The Morgan fingerprint density at radius 3 is 2.47 bits per heavy atom. The van der Waals surface area contributed by atoms with Crippen LogP contribution in [0.5, 0.6) is 0 Å². The molecule has 3 heterocycles. The Morgan fingerprint density at radius 2 is 1.79 bits per heavy atom. The van der Waals surface area contributed by atoms with Crippen LogP contribution in [0.3, 0.4) is 0 Å². The quantitative estimate of drug-likeness (QED) is 0.811. The molecule has 3 rings (SSSR count). The van der Waals surface area contributed by atoms with E-state index >= 15 is 0 Å². The van der Waals surface area contributed by atoms with Crippen LogP contribution in [0.1, 0.15) is 33.1 Å². The first kappa shape index (κ1) is 13.8. The fraction of sp³-hybridized carbons (Fsp3) is 1.00. The van der Waals surface area contributed by atoms with Gasteiger partial charge in [-0.15, -0.1) is 0 Å². The Bertz CT molecular complexity index is 431. The maximum absolute atomic E-state index is 12.9. The lowest BCUT2D eigenvalue weighted by molar-refractivity contribution is 0.246. The van der Waals surface area contributed by atoms with E-state index in [1.54, 1.807) is 8.61 Å². The van der Waals surface area contributed by atoms with Gasteiger partial charge in [0.1, 0.15) is 0 Å². The highest BCUT2D eigenvalue weighted by Gasteiger charge is 2.49. The van der Waals surface area contributed by atoms with E-state index in [0.717, 1.165) is 32.4 Å². The van der Waals surface area contributed by atoms with Crippen LogP contribution in [0.2, 0.25) is 0 Å². The summed E-state index contributed by atoms with van der Waals surface area (Å²) in [6.45, 7) is 7.44. The average molecular weight is 287 g/mol. The largest absolute Gasteiger partial charge is 0.315 e. The van der Waals surface area contributed by atoms with Crippen LogP contribution in [0.25, 0.3) is 0 Å². The molecule has 19 heavy (non-hydrogen) atoms. The van der Waals surface area contributed by atoms with Crippen molar-refractivity contribution in [2.75, 3.05) is 26.2 Å². The summed E-state index contributed by atoms with van der Waals surface area (Å²) in [4.78, 5) is 0. The lowest BCUT2D eigenvalue weighted by atomic mass is 10.0. The molecule has 5 nitrogen and oxygen atoms in total. The van der Waals surface area contributed by atoms with Crippen LogP contribution in [-0.4, -0.2) is 55.3 Å². The van der Waals surface area contributed by atoms with Gasteiger partial charge in [0.15, 0.2) is 0 Å². The van der Waals surface area contributed by atoms with Crippen LogP contribution >= 0.6 is 0 Å². The van der Waals surface area contributed by atoms with Crippen molar-refractivity contribution in [3.8, 4) is 0 Å². The fourth-order valence-electron chi connectivity index (χ4n) is 3.87. The SMILES string of the molecule is CC1CCN(S(=O)(=O)N2C(C)CC3CNCC32)CC1. The Labute approximate surface area is 116 Å². The molecule has 0 saturated carbocycles. The molecular formula is C13H25N3O2S. The smallest absolute Gasteiger partial charge is 0.282 e. The zero-order chi connectivity index (χ0) is 13.6. The Morgan fingerprint density at radius 1 is 1.11 bits per heavy atom. The first-order valence-corrected chi connectivity index (χ1v) is 8.89. The summed E-state index contributed by atoms with van der Waals surface area (Å²) in [5.74, 6) is 1.16. The second-order valence-electron chi connectivity index (χ2n) is 6.49. The minimum absolute atomic E-state index is 0.154. The number of nitrogens with zero attached hydrogens (tertiary/aromatic N) is 2. The molecule has 0 aromatic rings. The monoisotopic (exact) mass is 287 g/mol. The second kappa shape index (κ2) is 4.98.